The van der Waals surface area contributed by atoms with E-state index < -0.39 is 30.7 Å². The average Bonchev–Trinajstić information content (AvgIpc) is 2.60. The first-order valence-electron chi connectivity index (χ1n) is 8.14. The second-order valence-electron chi connectivity index (χ2n) is 5.37. The van der Waals surface area contributed by atoms with Gasteiger partial charge in [0.15, 0.2) is 18.1 Å². The highest BCUT2D eigenvalue weighted by atomic mass is 127. The number of esters is 1. The van der Waals surface area contributed by atoms with E-state index in [4.69, 9.17) is 14.2 Å². The van der Waals surface area contributed by atoms with Crippen LogP contribution >= 0.6 is 22.6 Å². The maximum absolute atomic E-state index is 13.2. The molecule has 170 valence electrons. The van der Waals surface area contributed by atoms with E-state index in [1.807, 2.05) is 0 Å². The Labute approximate surface area is 179 Å². The van der Waals surface area contributed by atoms with Gasteiger partial charge in [-0.15, -0.1) is 0 Å². The second kappa shape index (κ2) is 10.3. The molecule has 1 aromatic carbocycles. The van der Waals surface area contributed by atoms with Crippen molar-refractivity contribution in [3.8, 4) is 11.5 Å². The van der Waals surface area contributed by atoms with Gasteiger partial charge in [-0.2, -0.15) is 35.8 Å². The Morgan fingerprint density at radius 2 is 1.73 bits per heavy atom. The third-order valence-corrected chi connectivity index (χ3v) is 3.94. The molecule has 0 amide bonds. The molecular formula is C16H16F7IN2O4. The molecule has 0 aliphatic carbocycles. The predicted molar refractivity (Wildman–Crippen MR) is 99.1 cm³/mol. The summed E-state index contributed by atoms with van der Waals surface area (Å²) < 4.78 is 104. The molecule has 0 aliphatic rings. The minimum absolute atomic E-state index is 0.0185. The maximum atomic E-state index is 13.2. The van der Waals surface area contributed by atoms with Crippen molar-refractivity contribution in [3.63, 3.8) is 0 Å². The van der Waals surface area contributed by atoms with Gasteiger partial charge in [-0.1, -0.05) is 0 Å². The normalized spacial score (nSPS) is 12.7. The van der Waals surface area contributed by atoms with Crippen LogP contribution in [0.25, 0.3) is 0 Å². The van der Waals surface area contributed by atoms with E-state index in [0.717, 1.165) is 0 Å². The first-order chi connectivity index (χ1) is 13.8. The SMILES string of the molecule is CCOC(=O)COc1c(I)cc(/C=N/NC(F)(F)C(F)(F)C(F)(F)F)cc1OCC. The Morgan fingerprint density at radius 1 is 1.10 bits per heavy atom. The number of ether oxygens (including phenoxy) is 3. The van der Waals surface area contributed by atoms with Crippen molar-refractivity contribution >= 4 is 34.8 Å². The largest absolute Gasteiger partial charge is 0.490 e. The van der Waals surface area contributed by atoms with E-state index in [-0.39, 0.29) is 30.3 Å². The molecule has 0 fully saturated rings. The number of nitrogens with one attached hydrogen (secondary N) is 1. The Balaban J connectivity index is 3.04. The zero-order valence-electron chi connectivity index (χ0n) is 15.5. The number of carbonyl (C=O) groups excluding carboxylic acids is 1. The Morgan fingerprint density at radius 3 is 2.27 bits per heavy atom. The van der Waals surface area contributed by atoms with Crippen molar-refractivity contribution in [1.29, 1.82) is 0 Å². The lowest BCUT2D eigenvalue weighted by Gasteiger charge is -2.27. The van der Waals surface area contributed by atoms with Gasteiger partial charge in [0.2, 0.25) is 0 Å². The standard InChI is InChI=1S/C16H16F7IN2O4/c1-3-28-11-6-9(5-10(24)13(11)30-8-12(27)29-4-2)7-25-26-16(22,23)14(17,18)15(19,20)21/h5-7,26H,3-4,8H2,1-2H3/b25-7+. The summed E-state index contributed by atoms with van der Waals surface area (Å²) in [6.07, 6.45) is -5.88. The highest BCUT2D eigenvalue weighted by Gasteiger charge is 2.73. The molecule has 0 bridgehead atoms. The lowest BCUT2D eigenvalue weighted by Crippen LogP contribution is -2.58. The third-order valence-electron chi connectivity index (χ3n) is 3.14. The average molecular weight is 560 g/mol. The van der Waals surface area contributed by atoms with Crippen molar-refractivity contribution in [1.82, 2.24) is 5.43 Å². The molecule has 1 rings (SSSR count). The van der Waals surface area contributed by atoms with Crippen LogP contribution < -0.4 is 14.9 Å². The zero-order chi connectivity index (χ0) is 23.2. The summed E-state index contributed by atoms with van der Waals surface area (Å²) in [4.78, 5) is 11.4. The minimum Gasteiger partial charge on any atom is -0.490 e. The van der Waals surface area contributed by atoms with Crippen molar-refractivity contribution in [2.75, 3.05) is 19.8 Å². The molecule has 14 heteroatoms. The van der Waals surface area contributed by atoms with Gasteiger partial charge < -0.3 is 14.2 Å². The lowest BCUT2D eigenvalue weighted by atomic mass is 10.2. The van der Waals surface area contributed by atoms with Gasteiger partial charge in [0.1, 0.15) is 0 Å². The van der Waals surface area contributed by atoms with E-state index in [1.165, 1.54) is 12.1 Å². The van der Waals surface area contributed by atoms with E-state index in [1.54, 1.807) is 36.4 Å². The molecule has 0 unspecified atom stereocenters. The second-order valence-corrected chi connectivity index (χ2v) is 6.54. The molecule has 0 saturated heterocycles. The number of hydrazone groups is 1. The minimum atomic E-state index is -6.48. The highest BCUT2D eigenvalue weighted by Crippen LogP contribution is 2.45. The summed E-state index contributed by atoms with van der Waals surface area (Å²) in [5.41, 5.74) is 0.543. The number of hydrogen-bond acceptors (Lipinski definition) is 6. The zero-order valence-corrected chi connectivity index (χ0v) is 17.6. The van der Waals surface area contributed by atoms with Crippen LogP contribution in [0.15, 0.2) is 17.2 Å². The molecule has 30 heavy (non-hydrogen) atoms. The highest BCUT2D eigenvalue weighted by molar-refractivity contribution is 14.1. The monoisotopic (exact) mass is 560 g/mol. The molecule has 0 aliphatic heterocycles. The van der Waals surface area contributed by atoms with Gasteiger partial charge in [0.05, 0.1) is 23.0 Å². The van der Waals surface area contributed by atoms with Gasteiger partial charge in [0, 0.05) is 0 Å². The van der Waals surface area contributed by atoms with Gasteiger partial charge in [-0.3, -0.25) is 0 Å². The van der Waals surface area contributed by atoms with E-state index in [9.17, 15) is 35.5 Å². The van der Waals surface area contributed by atoms with Crippen LogP contribution in [0, 0.1) is 3.57 Å². The third kappa shape index (κ3) is 6.50. The number of alkyl halides is 7. The molecule has 1 aromatic rings. The van der Waals surface area contributed by atoms with Crippen LogP contribution in [0.2, 0.25) is 0 Å². The van der Waals surface area contributed by atoms with Crippen LogP contribution in [0.1, 0.15) is 19.4 Å². The van der Waals surface area contributed by atoms with Crippen molar-refractivity contribution in [3.05, 3.63) is 21.3 Å². The van der Waals surface area contributed by atoms with E-state index >= 15 is 0 Å². The molecule has 6 nitrogen and oxygen atoms in total. The fourth-order valence-corrected chi connectivity index (χ4v) is 2.62. The molecule has 0 spiro atoms. The summed E-state index contributed by atoms with van der Waals surface area (Å²) in [5, 5.41) is 2.78. The van der Waals surface area contributed by atoms with E-state index in [2.05, 4.69) is 5.10 Å². The first-order valence-corrected chi connectivity index (χ1v) is 9.22. The number of benzene rings is 1. The van der Waals surface area contributed by atoms with Crippen LogP contribution in [0.3, 0.4) is 0 Å². The van der Waals surface area contributed by atoms with Crippen LogP contribution in [-0.2, 0) is 9.53 Å². The van der Waals surface area contributed by atoms with E-state index in [0.29, 0.717) is 15.2 Å². The summed E-state index contributed by atoms with van der Waals surface area (Å²) >= 11 is 1.75. The van der Waals surface area contributed by atoms with Gasteiger partial charge in [0.25, 0.3) is 0 Å². The summed E-state index contributed by atoms with van der Waals surface area (Å²) in [6.45, 7) is 3.05. The maximum Gasteiger partial charge on any atom is 0.462 e. The first kappa shape index (κ1) is 26.0. The lowest BCUT2D eigenvalue weighted by molar-refractivity contribution is -0.361. The summed E-state index contributed by atoms with van der Waals surface area (Å²) in [5.74, 6) is -6.82. The van der Waals surface area contributed by atoms with Crippen molar-refractivity contribution in [2.45, 2.75) is 32.0 Å². The molecule has 0 heterocycles. The number of halogens is 8. The van der Waals surface area contributed by atoms with Gasteiger partial charge in [-0.25, -0.2) is 10.2 Å². The number of carbonyl (C=O) groups is 1. The fraction of sp³-hybridized carbons (Fsp3) is 0.500. The Kier molecular flexibility index (Phi) is 8.98. The Hall–Kier alpha value is -2.00. The summed E-state index contributed by atoms with van der Waals surface area (Å²) in [7, 11) is 0. The Bertz CT molecular complexity index is 773. The topological polar surface area (TPSA) is 69.2 Å². The van der Waals surface area contributed by atoms with Crippen LogP contribution in [0.4, 0.5) is 30.7 Å². The number of rotatable bonds is 10. The number of hydrogen-bond donors (Lipinski definition) is 1. The molecule has 0 atom stereocenters. The predicted octanol–water partition coefficient (Wildman–Crippen LogP) is 4.35. The molecular weight excluding hydrogens is 544 g/mol. The van der Waals surface area contributed by atoms with Crippen molar-refractivity contribution < 1.29 is 49.7 Å². The van der Waals surface area contributed by atoms with Crippen LogP contribution in [0.5, 0.6) is 11.5 Å². The molecule has 0 radical (unpaired) electrons. The molecule has 0 saturated carbocycles. The van der Waals surface area contributed by atoms with Crippen LogP contribution in [-0.4, -0.2) is 50.1 Å². The van der Waals surface area contributed by atoms with Gasteiger partial charge >= 0.3 is 24.1 Å². The quantitative estimate of drug-likeness (QED) is 0.115. The fourth-order valence-electron chi connectivity index (χ4n) is 1.84. The smallest absolute Gasteiger partial charge is 0.462 e. The summed E-state index contributed by atoms with van der Waals surface area (Å²) in [6, 6.07) is -3.19. The molecule has 0 aromatic heterocycles. The molecule has 1 N–H and O–H groups in total. The van der Waals surface area contributed by atoms with Crippen molar-refractivity contribution in [2.24, 2.45) is 5.10 Å². The van der Waals surface area contributed by atoms with Gasteiger partial charge in [-0.05, 0) is 54.1 Å². The number of nitrogens with zero attached hydrogens (tertiary/aromatic N) is 1.